The van der Waals surface area contributed by atoms with Gasteiger partial charge in [0.05, 0.1) is 11.1 Å². The highest BCUT2D eigenvalue weighted by atomic mass is 35.5. The molecule has 0 atom stereocenters. The van der Waals surface area contributed by atoms with Gasteiger partial charge in [0.2, 0.25) is 0 Å². The molecule has 3 rings (SSSR count). The summed E-state index contributed by atoms with van der Waals surface area (Å²) < 4.78 is 18.3. The molecule has 6 heteroatoms. The van der Waals surface area contributed by atoms with Crippen LogP contribution in [-0.2, 0) is 0 Å². The van der Waals surface area contributed by atoms with E-state index in [4.69, 9.17) is 16.3 Å². The highest BCUT2D eigenvalue weighted by Gasteiger charge is 2.17. The fourth-order valence-corrected chi connectivity index (χ4v) is 2.41. The lowest BCUT2D eigenvalue weighted by atomic mass is 10.1. The van der Waals surface area contributed by atoms with Crippen molar-refractivity contribution in [2.24, 2.45) is 0 Å². The standard InChI is InChI=1S/C20H13ClFNO3/c21-14-6-11-18(26-20(25)13-4-2-1-3-5-13)17(12-14)19(24)23-16-9-7-15(22)8-10-16/h1-12H,(H,23,24). The number of anilines is 1. The Morgan fingerprint density at radius 3 is 2.31 bits per heavy atom. The molecule has 0 radical (unpaired) electrons. The van der Waals surface area contributed by atoms with Crippen LogP contribution in [0.1, 0.15) is 20.7 Å². The zero-order valence-corrected chi connectivity index (χ0v) is 14.2. The number of nitrogens with one attached hydrogen (secondary N) is 1. The average Bonchev–Trinajstić information content (AvgIpc) is 2.65. The molecule has 0 aliphatic rings. The van der Waals surface area contributed by atoms with Crippen LogP contribution in [0.3, 0.4) is 0 Å². The van der Waals surface area contributed by atoms with Crippen molar-refractivity contribution < 1.29 is 18.7 Å². The molecule has 0 aromatic heterocycles. The molecule has 1 amide bonds. The molecule has 26 heavy (non-hydrogen) atoms. The Labute approximate surface area is 154 Å². The van der Waals surface area contributed by atoms with E-state index in [1.54, 1.807) is 30.3 Å². The van der Waals surface area contributed by atoms with Gasteiger partial charge in [-0.1, -0.05) is 29.8 Å². The summed E-state index contributed by atoms with van der Waals surface area (Å²) in [6, 6.07) is 18.1. The molecule has 0 spiro atoms. The zero-order chi connectivity index (χ0) is 18.5. The van der Waals surface area contributed by atoms with E-state index in [-0.39, 0.29) is 11.3 Å². The number of hydrogen-bond acceptors (Lipinski definition) is 3. The maximum Gasteiger partial charge on any atom is 0.343 e. The van der Waals surface area contributed by atoms with Gasteiger partial charge in [0.15, 0.2) is 0 Å². The number of amides is 1. The highest BCUT2D eigenvalue weighted by Crippen LogP contribution is 2.25. The number of esters is 1. The van der Waals surface area contributed by atoms with Crippen LogP contribution in [0.4, 0.5) is 10.1 Å². The molecule has 1 N–H and O–H groups in total. The first-order valence-corrected chi connectivity index (χ1v) is 8.04. The van der Waals surface area contributed by atoms with Crippen LogP contribution in [0.15, 0.2) is 72.8 Å². The zero-order valence-electron chi connectivity index (χ0n) is 13.4. The third kappa shape index (κ3) is 4.26. The second-order valence-corrected chi connectivity index (χ2v) is 5.79. The monoisotopic (exact) mass is 369 g/mol. The van der Waals surface area contributed by atoms with E-state index >= 15 is 0 Å². The normalized spacial score (nSPS) is 10.2. The molecule has 4 nitrogen and oxygen atoms in total. The minimum absolute atomic E-state index is 0.0721. The Bertz CT molecular complexity index is 943. The van der Waals surface area contributed by atoms with Crippen molar-refractivity contribution in [1.82, 2.24) is 0 Å². The number of ether oxygens (including phenoxy) is 1. The lowest BCUT2D eigenvalue weighted by Gasteiger charge is -2.11. The van der Waals surface area contributed by atoms with Crippen LogP contribution < -0.4 is 10.1 Å². The van der Waals surface area contributed by atoms with Crippen molar-refractivity contribution >= 4 is 29.2 Å². The van der Waals surface area contributed by atoms with E-state index in [1.807, 2.05) is 0 Å². The minimum atomic E-state index is -0.594. The minimum Gasteiger partial charge on any atom is -0.422 e. The second-order valence-electron chi connectivity index (χ2n) is 5.36. The summed E-state index contributed by atoms with van der Waals surface area (Å²) >= 11 is 5.97. The van der Waals surface area contributed by atoms with E-state index in [0.717, 1.165) is 0 Å². The number of rotatable bonds is 4. The first kappa shape index (κ1) is 17.6. The Morgan fingerprint density at radius 1 is 0.923 bits per heavy atom. The van der Waals surface area contributed by atoms with Crippen molar-refractivity contribution in [3.63, 3.8) is 0 Å². The number of hydrogen-bond donors (Lipinski definition) is 1. The van der Waals surface area contributed by atoms with Crippen molar-refractivity contribution in [2.45, 2.75) is 0 Å². The van der Waals surface area contributed by atoms with Crippen LogP contribution >= 0.6 is 11.6 Å². The van der Waals surface area contributed by atoms with Gasteiger partial charge in [-0.2, -0.15) is 0 Å². The van der Waals surface area contributed by atoms with Crippen LogP contribution in [0.5, 0.6) is 5.75 Å². The summed E-state index contributed by atoms with van der Waals surface area (Å²) in [5, 5.41) is 2.92. The Hall–Kier alpha value is -3.18. The first-order chi connectivity index (χ1) is 12.5. The maximum absolute atomic E-state index is 13.0. The molecule has 0 unspecified atom stereocenters. The predicted octanol–water partition coefficient (Wildman–Crippen LogP) is 4.95. The first-order valence-electron chi connectivity index (χ1n) is 7.66. The highest BCUT2D eigenvalue weighted by molar-refractivity contribution is 6.31. The Balaban J connectivity index is 1.84. The average molecular weight is 370 g/mol. The van der Waals surface area contributed by atoms with E-state index in [0.29, 0.717) is 16.3 Å². The van der Waals surface area contributed by atoms with Gasteiger partial charge in [0, 0.05) is 10.7 Å². The number of benzene rings is 3. The van der Waals surface area contributed by atoms with Crippen molar-refractivity contribution in [2.75, 3.05) is 5.32 Å². The van der Waals surface area contributed by atoms with Gasteiger partial charge in [-0.3, -0.25) is 4.79 Å². The van der Waals surface area contributed by atoms with Crippen LogP contribution in [0.2, 0.25) is 5.02 Å². The van der Waals surface area contributed by atoms with E-state index < -0.39 is 17.7 Å². The molecule has 0 fully saturated rings. The molecule has 0 saturated carbocycles. The second kappa shape index (κ2) is 7.80. The Kier molecular flexibility index (Phi) is 5.29. The fraction of sp³-hybridized carbons (Fsp3) is 0. The lowest BCUT2D eigenvalue weighted by molar-refractivity contribution is 0.0733. The number of carbonyl (C=O) groups excluding carboxylic acids is 2. The molecule has 130 valence electrons. The SMILES string of the molecule is O=C(Oc1ccc(Cl)cc1C(=O)Nc1ccc(F)cc1)c1ccccc1. The molecule has 3 aromatic carbocycles. The molecular formula is C20H13ClFNO3. The van der Waals surface area contributed by atoms with Gasteiger partial charge < -0.3 is 10.1 Å². The quantitative estimate of drug-likeness (QED) is 0.523. The van der Waals surface area contributed by atoms with E-state index in [9.17, 15) is 14.0 Å². The van der Waals surface area contributed by atoms with E-state index in [1.165, 1.54) is 42.5 Å². The molecule has 0 aliphatic heterocycles. The van der Waals surface area contributed by atoms with Gasteiger partial charge in [0.25, 0.3) is 5.91 Å². The summed E-state index contributed by atoms with van der Waals surface area (Å²) in [5.41, 5.74) is 0.843. The smallest absolute Gasteiger partial charge is 0.343 e. The molecule has 0 bridgehead atoms. The van der Waals surface area contributed by atoms with E-state index in [2.05, 4.69) is 5.32 Å². The van der Waals surface area contributed by atoms with Gasteiger partial charge >= 0.3 is 5.97 Å². The van der Waals surface area contributed by atoms with Crippen LogP contribution in [0, 0.1) is 5.82 Å². The summed E-state index contributed by atoms with van der Waals surface area (Å²) in [6.45, 7) is 0. The summed E-state index contributed by atoms with van der Waals surface area (Å²) in [6.07, 6.45) is 0. The molecule has 0 heterocycles. The number of carbonyl (C=O) groups is 2. The molecular weight excluding hydrogens is 357 g/mol. The lowest BCUT2D eigenvalue weighted by Crippen LogP contribution is -2.16. The van der Waals surface area contributed by atoms with Crippen LogP contribution in [-0.4, -0.2) is 11.9 Å². The summed E-state index contributed by atoms with van der Waals surface area (Å²) in [7, 11) is 0. The fourth-order valence-electron chi connectivity index (χ4n) is 2.23. The molecule has 0 saturated heterocycles. The maximum atomic E-state index is 13.0. The van der Waals surface area contributed by atoms with Gasteiger partial charge in [-0.15, -0.1) is 0 Å². The van der Waals surface area contributed by atoms with Gasteiger partial charge in [-0.05, 0) is 54.6 Å². The third-order valence-corrected chi connectivity index (χ3v) is 3.74. The van der Waals surface area contributed by atoms with Gasteiger partial charge in [-0.25, -0.2) is 9.18 Å². The molecule has 3 aromatic rings. The van der Waals surface area contributed by atoms with Crippen molar-refractivity contribution in [3.8, 4) is 5.75 Å². The third-order valence-electron chi connectivity index (χ3n) is 3.50. The van der Waals surface area contributed by atoms with Crippen LogP contribution in [0.25, 0.3) is 0 Å². The Morgan fingerprint density at radius 2 is 1.62 bits per heavy atom. The predicted molar refractivity (Wildman–Crippen MR) is 97.2 cm³/mol. The number of halogens is 2. The largest absolute Gasteiger partial charge is 0.422 e. The summed E-state index contributed by atoms with van der Waals surface area (Å²) in [5.74, 6) is -1.47. The summed E-state index contributed by atoms with van der Waals surface area (Å²) in [4.78, 5) is 24.8. The van der Waals surface area contributed by atoms with Gasteiger partial charge in [0.1, 0.15) is 11.6 Å². The molecule has 0 aliphatic carbocycles. The van der Waals surface area contributed by atoms with Crippen molar-refractivity contribution in [1.29, 1.82) is 0 Å². The van der Waals surface area contributed by atoms with Crippen molar-refractivity contribution in [3.05, 3.63) is 94.8 Å². The topological polar surface area (TPSA) is 55.4 Å².